The van der Waals surface area contributed by atoms with E-state index in [1.807, 2.05) is 60.7 Å². The monoisotopic (exact) mass is 318 g/mol. The average molecular weight is 318 g/mol. The van der Waals surface area contributed by atoms with Gasteiger partial charge in [-0.25, -0.2) is 5.10 Å². The number of hydrazone groups is 1. The fourth-order valence-corrected chi connectivity index (χ4v) is 2.41. The predicted molar refractivity (Wildman–Crippen MR) is 98.0 cm³/mol. The number of rotatable bonds is 6. The molecule has 0 saturated heterocycles. The van der Waals surface area contributed by atoms with Crippen LogP contribution in [0.2, 0.25) is 0 Å². The Morgan fingerprint density at radius 1 is 1.04 bits per heavy atom. The van der Waals surface area contributed by atoms with E-state index in [1.54, 1.807) is 12.3 Å². The van der Waals surface area contributed by atoms with E-state index < -0.39 is 0 Å². The lowest BCUT2D eigenvalue weighted by Crippen LogP contribution is -2.15. The molecule has 3 aromatic rings. The lowest BCUT2D eigenvalue weighted by Gasteiger charge is -2.04. The largest absolute Gasteiger partial charge is 0.310 e. The summed E-state index contributed by atoms with van der Waals surface area (Å²) < 4.78 is 0. The van der Waals surface area contributed by atoms with Gasteiger partial charge in [0.05, 0.1) is 11.1 Å². The van der Waals surface area contributed by atoms with Crippen LogP contribution in [0.3, 0.4) is 0 Å². The lowest BCUT2D eigenvalue weighted by atomic mass is 10.1. The first-order valence-corrected chi connectivity index (χ1v) is 7.78. The van der Waals surface area contributed by atoms with Crippen LogP contribution in [-0.2, 0) is 6.42 Å². The third kappa shape index (κ3) is 3.95. The summed E-state index contributed by atoms with van der Waals surface area (Å²) in [7, 11) is 0. The first kappa shape index (κ1) is 15.7. The van der Waals surface area contributed by atoms with Crippen molar-refractivity contribution < 1.29 is 0 Å². The van der Waals surface area contributed by atoms with Crippen molar-refractivity contribution in [1.82, 2.24) is 15.6 Å². The Hall–Kier alpha value is -3.21. The molecule has 0 fully saturated rings. The summed E-state index contributed by atoms with van der Waals surface area (Å²) in [6.45, 7) is 0.638. The molecule has 0 aliphatic heterocycles. The van der Waals surface area contributed by atoms with Crippen molar-refractivity contribution in [3.05, 3.63) is 82.3 Å². The number of allylic oxidation sites excluding steroid dienone is 1. The molecule has 0 saturated carbocycles. The van der Waals surface area contributed by atoms with Crippen LogP contribution in [0.1, 0.15) is 11.3 Å². The lowest BCUT2D eigenvalue weighted by molar-refractivity contribution is 0.719. The van der Waals surface area contributed by atoms with E-state index in [9.17, 15) is 4.79 Å². The fraction of sp³-hybridized carbons (Fsp3) is 0.105. The Morgan fingerprint density at radius 3 is 2.62 bits per heavy atom. The van der Waals surface area contributed by atoms with Crippen LogP contribution in [0.5, 0.6) is 0 Å². The van der Waals surface area contributed by atoms with E-state index in [2.05, 4.69) is 20.7 Å². The topological polar surface area (TPSA) is 70.1 Å². The summed E-state index contributed by atoms with van der Waals surface area (Å²) in [5.74, 6) is 0. The van der Waals surface area contributed by atoms with Gasteiger partial charge in [0.25, 0.3) is 5.56 Å². The molecule has 0 spiro atoms. The van der Waals surface area contributed by atoms with Crippen LogP contribution in [-0.4, -0.2) is 23.0 Å². The van der Waals surface area contributed by atoms with Crippen LogP contribution in [0.15, 0.2) is 70.6 Å². The van der Waals surface area contributed by atoms with Crippen molar-refractivity contribution in [3.63, 3.8) is 0 Å². The first-order chi connectivity index (χ1) is 11.8. The molecule has 0 bridgehead atoms. The standard InChI is InChI=1S/C19H18N4O/c24-19-17-11-5-4-10-16(17)18(22-23-19)12-14-21-20-13-6-9-15-7-2-1-3-8-15/h1-11,13,21H,12,14H2,(H,23,24)/b9-6+,20-13+. The van der Waals surface area contributed by atoms with Crippen molar-refractivity contribution in [2.24, 2.45) is 5.10 Å². The number of H-pyrrole nitrogens is 1. The predicted octanol–water partition coefficient (Wildman–Crippen LogP) is 2.75. The minimum atomic E-state index is -0.161. The summed E-state index contributed by atoms with van der Waals surface area (Å²) >= 11 is 0. The number of nitrogens with zero attached hydrogens (tertiary/aromatic N) is 2. The average Bonchev–Trinajstić information content (AvgIpc) is 2.64. The summed E-state index contributed by atoms with van der Waals surface area (Å²) in [4.78, 5) is 11.7. The van der Waals surface area contributed by atoms with E-state index in [-0.39, 0.29) is 5.56 Å². The Labute approximate surface area is 139 Å². The Kier molecular flexibility index (Phi) is 5.14. The molecule has 0 aliphatic rings. The smallest absolute Gasteiger partial charge is 0.272 e. The Morgan fingerprint density at radius 2 is 1.79 bits per heavy atom. The highest BCUT2D eigenvalue weighted by Crippen LogP contribution is 2.12. The highest BCUT2D eigenvalue weighted by atomic mass is 16.1. The van der Waals surface area contributed by atoms with Gasteiger partial charge in [0, 0.05) is 24.6 Å². The molecule has 1 aromatic heterocycles. The zero-order valence-electron chi connectivity index (χ0n) is 13.1. The van der Waals surface area contributed by atoms with E-state index in [1.165, 1.54) is 0 Å². The third-order valence-electron chi connectivity index (χ3n) is 3.59. The van der Waals surface area contributed by atoms with E-state index >= 15 is 0 Å². The van der Waals surface area contributed by atoms with Crippen LogP contribution in [0, 0.1) is 0 Å². The number of fused-ring (bicyclic) bond motifs is 1. The minimum Gasteiger partial charge on any atom is -0.310 e. The Balaban J connectivity index is 1.54. The number of hydrogen-bond acceptors (Lipinski definition) is 4. The van der Waals surface area contributed by atoms with Gasteiger partial charge in [0.1, 0.15) is 0 Å². The van der Waals surface area contributed by atoms with Crippen molar-refractivity contribution in [2.45, 2.75) is 6.42 Å². The third-order valence-corrected chi connectivity index (χ3v) is 3.59. The molecule has 1 heterocycles. The summed E-state index contributed by atoms with van der Waals surface area (Å²) in [5, 5.41) is 12.4. The second-order valence-electron chi connectivity index (χ2n) is 5.25. The van der Waals surface area contributed by atoms with Gasteiger partial charge in [-0.1, -0.05) is 54.6 Å². The number of benzene rings is 2. The van der Waals surface area contributed by atoms with Crippen molar-refractivity contribution in [1.29, 1.82) is 0 Å². The normalized spacial score (nSPS) is 11.5. The maximum Gasteiger partial charge on any atom is 0.272 e. The zero-order valence-corrected chi connectivity index (χ0v) is 13.1. The minimum absolute atomic E-state index is 0.161. The molecule has 3 rings (SSSR count). The fourth-order valence-electron chi connectivity index (χ4n) is 2.41. The summed E-state index contributed by atoms with van der Waals surface area (Å²) in [6, 6.07) is 17.5. The molecule has 0 amide bonds. The van der Waals surface area contributed by atoms with Gasteiger partial charge in [-0.3, -0.25) is 4.79 Å². The molecule has 2 N–H and O–H groups in total. The summed E-state index contributed by atoms with van der Waals surface area (Å²) in [6.07, 6.45) is 6.26. The number of aromatic nitrogens is 2. The highest BCUT2D eigenvalue weighted by Gasteiger charge is 2.04. The van der Waals surface area contributed by atoms with Crippen LogP contribution >= 0.6 is 0 Å². The second kappa shape index (κ2) is 7.87. The maximum atomic E-state index is 11.7. The molecule has 0 radical (unpaired) electrons. The molecule has 24 heavy (non-hydrogen) atoms. The molecule has 5 heteroatoms. The maximum absolute atomic E-state index is 11.7. The van der Waals surface area contributed by atoms with Crippen molar-refractivity contribution in [2.75, 3.05) is 6.54 Å². The van der Waals surface area contributed by atoms with Crippen LogP contribution < -0.4 is 11.0 Å². The number of aromatic amines is 1. The first-order valence-electron chi connectivity index (χ1n) is 7.78. The molecular weight excluding hydrogens is 300 g/mol. The molecule has 0 atom stereocenters. The molecular formula is C19H18N4O. The van der Waals surface area contributed by atoms with Gasteiger partial charge < -0.3 is 5.43 Å². The second-order valence-corrected chi connectivity index (χ2v) is 5.25. The van der Waals surface area contributed by atoms with Gasteiger partial charge in [-0.15, -0.1) is 0 Å². The van der Waals surface area contributed by atoms with Gasteiger partial charge in [0.15, 0.2) is 0 Å². The Bertz CT molecular complexity index is 913. The molecule has 5 nitrogen and oxygen atoms in total. The zero-order chi connectivity index (χ0) is 16.6. The molecule has 2 aromatic carbocycles. The van der Waals surface area contributed by atoms with Gasteiger partial charge in [0.2, 0.25) is 0 Å². The number of hydrogen-bond donors (Lipinski definition) is 2. The van der Waals surface area contributed by atoms with E-state index in [0.29, 0.717) is 18.4 Å². The quantitative estimate of drug-likeness (QED) is 0.417. The van der Waals surface area contributed by atoms with Gasteiger partial charge in [-0.05, 0) is 17.7 Å². The molecule has 0 unspecified atom stereocenters. The SMILES string of the molecule is O=c1[nH]nc(CCN/N=C/C=C/c2ccccc2)c2ccccc12. The molecule has 0 aliphatic carbocycles. The summed E-state index contributed by atoms with van der Waals surface area (Å²) in [5.41, 5.74) is 4.81. The van der Waals surface area contributed by atoms with Crippen LogP contribution in [0.4, 0.5) is 0 Å². The van der Waals surface area contributed by atoms with E-state index in [0.717, 1.165) is 16.6 Å². The van der Waals surface area contributed by atoms with Gasteiger partial charge in [-0.2, -0.15) is 10.2 Å². The van der Waals surface area contributed by atoms with Gasteiger partial charge >= 0.3 is 0 Å². The van der Waals surface area contributed by atoms with E-state index in [4.69, 9.17) is 0 Å². The number of nitrogens with one attached hydrogen (secondary N) is 2. The van der Waals surface area contributed by atoms with Crippen molar-refractivity contribution >= 4 is 23.1 Å². The van der Waals surface area contributed by atoms with Crippen molar-refractivity contribution in [3.8, 4) is 0 Å². The molecule has 120 valence electrons. The van der Waals surface area contributed by atoms with Crippen LogP contribution in [0.25, 0.3) is 16.8 Å². The highest BCUT2D eigenvalue weighted by molar-refractivity contribution is 5.83.